The Morgan fingerprint density at radius 3 is 2.61 bits per heavy atom. The molecule has 2 aromatic rings. The molecule has 0 saturated carbocycles. The van der Waals surface area contributed by atoms with Crippen molar-refractivity contribution in [1.29, 1.82) is 0 Å². The van der Waals surface area contributed by atoms with Crippen molar-refractivity contribution in [2.45, 2.75) is 18.9 Å². The number of pyridine rings is 1. The molecule has 0 aliphatic carbocycles. The van der Waals surface area contributed by atoms with Crippen LogP contribution < -0.4 is 10.6 Å². The van der Waals surface area contributed by atoms with E-state index < -0.39 is 6.09 Å². The van der Waals surface area contributed by atoms with Crippen LogP contribution in [0.15, 0.2) is 48.7 Å². The molecule has 3 N–H and O–H groups in total. The third-order valence-electron chi connectivity index (χ3n) is 5.31. The lowest BCUT2D eigenvalue weighted by molar-refractivity contribution is -0.108. The molecule has 1 aromatic heterocycles. The first-order valence-electron chi connectivity index (χ1n) is 9.52. The summed E-state index contributed by atoms with van der Waals surface area (Å²) in [4.78, 5) is 29.8. The molecule has 1 aliphatic rings. The van der Waals surface area contributed by atoms with Gasteiger partial charge in [-0.1, -0.05) is 30.3 Å². The molecule has 7 heteroatoms. The summed E-state index contributed by atoms with van der Waals surface area (Å²) in [5.74, 6) is 1.18. The lowest BCUT2D eigenvalue weighted by Gasteiger charge is -2.37. The Kier molecular flexibility index (Phi) is 6.60. The molecule has 1 amide bonds. The fourth-order valence-electron chi connectivity index (χ4n) is 3.76. The van der Waals surface area contributed by atoms with Gasteiger partial charge in [-0.25, -0.2) is 9.78 Å². The van der Waals surface area contributed by atoms with Crippen molar-refractivity contribution in [3.8, 4) is 11.1 Å². The van der Waals surface area contributed by atoms with Crippen LogP contribution in [0.3, 0.4) is 0 Å². The molecule has 2 heterocycles. The summed E-state index contributed by atoms with van der Waals surface area (Å²) in [5.41, 5.74) is 8.51. The molecule has 0 radical (unpaired) electrons. The summed E-state index contributed by atoms with van der Waals surface area (Å²) in [6, 6.07) is 13.9. The largest absolute Gasteiger partial charge is 0.465 e. The number of carbonyl (C=O) groups excluding carboxylic acids is 1. The molecule has 0 spiro atoms. The first kappa shape index (κ1) is 19.8. The van der Waals surface area contributed by atoms with E-state index in [1.165, 1.54) is 0 Å². The number of aldehydes is 1. The second-order valence-electron chi connectivity index (χ2n) is 7.08. The van der Waals surface area contributed by atoms with Crippen LogP contribution in [0.2, 0.25) is 0 Å². The van der Waals surface area contributed by atoms with Crippen molar-refractivity contribution in [3.63, 3.8) is 0 Å². The number of nitrogens with two attached hydrogens (primary N) is 1. The number of hydrogen-bond donors (Lipinski definition) is 2. The number of rotatable bonds is 7. The van der Waals surface area contributed by atoms with Gasteiger partial charge in [0.15, 0.2) is 0 Å². The van der Waals surface area contributed by atoms with E-state index in [1.807, 2.05) is 30.5 Å². The number of amides is 1. The quantitative estimate of drug-likeness (QED) is 0.714. The number of benzene rings is 1. The summed E-state index contributed by atoms with van der Waals surface area (Å²) in [6.45, 7) is 1.67. The van der Waals surface area contributed by atoms with Gasteiger partial charge in [0.25, 0.3) is 0 Å². The summed E-state index contributed by atoms with van der Waals surface area (Å²) < 4.78 is 0. The average molecular weight is 382 g/mol. The van der Waals surface area contributed by atoms with Gasteiger partial charge >= 0.3 is 6.09 Å². The first-order chi connectivity index (χ1) is 13.6. The second-order valence-corrected chi connectivity index (χ2v) is 7.08. The van der Waals surface area contributed by atoms with Gasteiger partial charge in [0.2, 0.25) is 0 Å². The summed E-state index contributed by atoms with van der Waals surface area (Å²) in [6.07, 6.45) is 3.02. The minimum Gasteiger partial charge on any atom is -0.465 e. The van der Waals surface area contributed by atoms with Crippen LogP contribution in [0.25, 0.3) is 11.1 Å². The molecule has 1 aromatic carbocycles. The minimum atomic E-state index is -1.11. The van der Waals surface area contributed by atoms with E-state index in [9.17, 15) is 14.7 Å². The molecular weight excluding hydrogens is 356 g/mol. The van der Waals surface area contributed by atoms with Crippen LogP contribution in [0, 0.1) is 5.92 Å². The zero-order chi connectivity index (χ0) is 19.9. The molecule has 0 bridgehead atoms. The topological polar surface area (TPSA) is 99.8 Å². The van der Waals surface area contributed by atoms with Crippen molar-refractivity contribution in [3.05, 3.63) is 48.7 Å². The van der Waals surface area contributed by atoms with Crippen molar-refractivity contribution >= 4 is 18.2 Å². The molecule has 28 heavy (non-hydrogen) atoms. The van der Waals surface area contributed by atoms with E-state index in [-0.39, 0.29) is 25.0 Å². The van der Waals surface area contributed by atoms with E-state index in [4.69, 9.17) is 5.73 Å². The number of piperidine rings is 1. The maximum absolute atomic E-state index is 11.2. The smallest absolute Gasteiger partial charge is 0.407 e. The monoisotopic (exact) mass is 382 g/mol. The number of carboxylic acid groups (broad SMARTS) is 1. The Hall–Kier alpha value is -2.93. The maximum atomic E-state index is 11.2. The molecule has 1 atom stereocenters. The highest BCUT2D eigenvalue weighted by molar-refractivity contribution is 5.75. The molecule has 7 nitrogen and oxygen atoms in total. The third kappa shape index (κ3) is 4.67. The number of carbonyl (C=O) groups is 2. The van der Waals surface area contributed by atoms with Gasteiger partial charge in [0.1, 0.15) is 12.1 Å². The zero-order valence-corrected chi connectivity index (χ0v) is 15.8. The molecule has 1 aliphatic heterocycles. The summed E-state index contributed by atoms with van der Waals surface area (Å²) in [5, 5.41) is 9.18. The lowest BCUT2D eigenvalue weighted by Crippen LogP contribution is -2.48. The second kappa shape index (κ2) is 9.32. The number of hydrogen-bond acceptors (Lipinski definition) is 5. The van der Waals surface area contributed by atoms with Gasteiger partial charge in [0, 0.05) is 37.4 Å². The van der Waals surface area contributed by atoms with E-state index in [2.05, 4.69) is 28.1 Å². The Morgan fingerprint density at radius 1 is 1.25 bits per heavy atom. The average Bonchev–Trinajstić information content (AvgIpc) is 2.74. The third-order valence-corrected chi connectivity index (χ3v) is 5.31. The molecule has 1 fully saturated rings. The van der Waals surface area contributed by atoms with Gasteiger partial charge < -0.3 is 20.5 Å². The summed E-state index contributed by atoms with van der Waals surface area (Å²) >= 11 is 0. The Balaban J connectivity index is 1.65. The van der Waals surface area contributed by atoms with Crippen molar-refractivity contribution in [2.24, 2.45) is 11.7 Å². The van der Waals surface area contributed by atoms with Gasteiger partial charge in [-0.15, -0.1) is 0 Å². The van der Waals surface area contributed by atoms with E-state index in [0.29, 0.717) is 6.29 Å². The van der Waals surface area contributed by atoms with Crippen LogP contribution >= 0.6 is 0 Å². The van der Waals surface area contributed by atoms with E-state index in [0.717, 1.165) is 47.8 Å². The first-order valence-corrected chi connectivity index (χ1v) is 9.52. The van der Waals surface area contributed by atoms with Gasteiger partial charge in [-0.2, -0.15) is 0 Å². The SMILES string of the molecule is NC(CN(CC=O)C(=O)O)C1CCN(c2ncccc2-c2ccccc2)CC1. The van der Waals surface area contributed by atoms with Gasteiger partial charge in [-0.05, 0) is 36.5 Å². The summed E-state index contributed by atoms with van der Waals surface area (Å²) in [7, 11) is 0. The zero-order valence-electron chi connectivity index (χ0n) is 15.8. The Bertz CT molecular complexity index is 791. The number of anilines is 1. The lowest BCUT2D eigenvalue weighted by atomic mass is 9.89. The molecule has 1 saturated heterocycles. The van der Waals surface area contributed by atoms with Gasteiger partial charge in [-0.3, -0.25) is 4.90 Å². The van der Waals surface area contributed by atoms with Crippen molar-refractivity contribution < 1.29 is 14.7 Å². The standard InChI is InChI=1S/C21H26N4O3/c22-19(15-25(13-14-26)21(27)28)17-8-11-24(12-9-17)20-18(7-4-10-23-20)16-5-2-1-3-6-16/h1-7,10,14,17,19H,8-9,11-13,15,22H2,(H,27,28). The fourth-order valence-corrected chi connectivity index (χ4v) is 3.76. The predicted octanol–water partition coefficient (Wildman–Crippen LogP) is 2.47. The highest BCUT2D eigenvalue weighted by Gasteiger charge is 2.28. The maximum Gasteiger partial charge on any atom is 0.407 e. The molecule has 148 valence electrons. The Labute approximate surface area is 164 Å². The van der Waals surface area contributed by atoms with Crippen LogP contribution in [-0.4, -0.2) is 59.6 Å². The van der Waals surface area contributed by atoms with E-state index in [1.54, 1.807) is 0 Å². The normalized spacial score (nSPS) is 15.8. The molecular formula is C21H26N4O3. The van der Waals surface area contributed by atoms with Crippen LogP contribution in [0.4, 0.5) is 10.6 Å². The van der Waals surface area contributed by atoms with Crippen LogP contribution in [0.5, 0.6) is 0 Å². The number of nitrogens with zero attached hydrogens (tertiary/aromatic N) is 3. The highest BCUT2D eigenvalue weighted by atomic mass is 16.4. The predicted molar refractivity (Wildman–Crippen MR) is 108 cm³/mol. The van der Waals surface area contributed by atoms with Crippen LogP contribution in [0.1, 0.15) is 12.8 Å². The molecule has 3 rings (SSSR count). The minimum absolute atomic E-state index is 0.143. The highest BCUT2D eigenvalue weighted by Crippen LogP contribution is 2.31. The number of aromatic nitrogens is 1. The van der Waals surface area contributed by atoms with Crippen molar-refractivity contribution in [2.75, 3.05) is 31.1 Å². The van der Waals surface area contributed by atoms with Crippen molar-refractivity contribution in [1.82, 2.24) is 9.88 Å². The van der Waals surface area contributed by atoms with Crippen LogP contribution in [-0.2, 0) is 4.79 Å². The van der Waals surface area contributed by atoms with Gasteiger partial charge in [0.05, 0.1) is 6.54 Å². The van der Waals surface area contributed by atoms with E-state index >= 15 is 0 Å². The Morgan fingerprint density at radius 2 is 1.96 bits per heavy atom. The molecule has 1 unspecified atom stereocenters. The fraction of sp³-hybridized carbons (Fsp3) is 0.381.